The van der Waals surface area contributed by atoms with Crippen LogP contribution in [0.3, 0.4) is 0 Å². The Morgan fingerprint density at radius 3 is 2.50 bits per heavy atom. The van der Waals surface area contributed by atoms with Crippen LogP contribution in [0.1, 0.15) is 51.4 Å². The van der Waals surface area contributed by atoms with Crippen molar-refractivity contribution in [1.29, 1.82) is 0 Å². The summed E-state index contributed by atoms with van der Waals surface area (Å²) in [4.78, 5) is 23.5. The first-order valence-corrected chi connectivity index (χ1v) is 7.96. The van der Waals surface area contributed by atoms with Gasteiger partial charge in [0.25, 0.3) is 0 Å². The first kappa shape index (κ1) is 15.3. The second-order valence-corrected chi connectivity index (χ2v) is 6.20. The lowest BCUT2D eigenvalue weighted by Crippen LogP contribution is -2.47. The zero-order valence-electron chi connectivity index (χ0n) is 12.2. The molecule has 1 saturated carbocycles. The molecule has 0 radical (unpaired) electrons. The van der Waals surface area contributed by atoms with E-state index in [9.17, 15) is 9.59 Å². The number of carbonyl (C=O) groups excluding carboxylic acids is 2. The maximum absolute atomic E-state index is 12.0. The maximum Gasteiger partial charge on any atom is 0.222 e. The lowest BCUT2D eigenvalue weighted by atomic mass is 9.84. The van der Waals surface area contributed by atoms with Crippen LogP contribution in [0.2, 0.25) is 0 Å². The van der Waals surface area contributed by atoms with Gasteiger partial charge in [-0.15, -0.1) is 0 Å². The van der Waals surface area contributed by atoms with Crippen molar-refractivity contribution in [3.63, 3.8) is 0 Å². The molecule has 0 aromatic heterocycles. The minimum absolute atomic E-state index is 0.0400. The fourth-order valence-electron chi connectivity index (χ4n) is 3.43. The fraction of sp³-hybridized carbons (Fsp3) is 0.867. The number of nitrogens with one attached hydrogen (secondary N) is 2. The lowest BCUT2D eigenvalue weighted by molar-refractivity contribution is -0.126. The van der Waals surface area contributed by atoms with Crippen molar-refractivity contribution in [2.45, 2.75) is 57.4 Å². The molecule has 5 heteroatoms. The molecule has 0 bridgehead atoms. The van der Waals surface area contributed by atoms with E-state index >= 15 is 0 Å². The van der Waals surface area contributed by atoms with Crippen molar-refractivity contribution in [2.75, 3.05) is 13.1 Å². The summed E-state index contributed by atoms with van der Waals surface area (Å²) < 4.78 is 0. The van der Waals surface area contributed by atoms with Crippen molar-refractivity contribution >= 4 is 11.8 Å². The lowest BCUT2D eigenvalue weighted by Gasteiger charge is -2.30. The predicted octanol–water partition coefficient (Wildman–Crippen LogP) is 0.926. The van der Waals surface area contributed by atoms with Crippen molar-refractivity contribution < 1.29 is 9.59 Å². The summed E-state index contributed by atoms with van der Waals surface area (Å²) in [6.07, 6.45) is 7.68. The maximum atomic E-state index is 12.0. The number of hydrogen-bond acceptors (Lipinski definition) is 3. The van der Waals surface area contributed by atoms with E-state index in [1.165, 1.54) is 12.8 Å². The summed E-state index contributed by atoms with van der Waals surface area (Å²) >= 11 is 0. The van der Waals surface area contributed by atoms with Gasteiger partial charge in [0.05, 0.1) is 5.92 Å². The molecular formula is C15H27N3O2. The van der Waals surface area contributed by atoms with Gasteiger partial charge in [0.15, 0.2) is 0 Å². The van der Waals surface area contributed by atoms with Gasteiger partial charge >= 0.3 is 0 Å². The molecule has 2 amide bonds. The van der Waals surface area contributed by atoms with Gasteiger partial charge in [0.1, 0.15) is 0 Å². The van der Waals surface area contributed by atoms with Crippen LogP contribution in [0.15, 0.2) is 0 Å². The highest BCUT2D eigenvalue weighted by Crippen LogP contribution is 2.24. The van der Waals surface area contributed by atoms with Gasteiger partial charge in [-0.2, -0.15) is 0 Å². The Bertz CT molecular complexity index is 340. The minimum atomic E-state index is -0.270. The summed E-state index contributed by atoms with van der Waals surface area (Å²) in [5.74, 6) is 0.307. The zero-order chi connectivity index (χ0) is 14.4. The standard InChI is InChI=1S/C15H27N3O2/c16-15(20)12-3-1-2-4-13(12)18-14(19)6-5-11-7-9-17-10-8-11/h11-13,17H,1-10H2,(H2,16,20)(H,18,19). The monoisotopic (exact) mass is 281 g/mol. The molecule has 0 aromatic carbocycles. The summed E-state index contributed by atoms with van der Waals surface area (Å²) in [5.41, 5.74) is 5.43. The quantitative estimate of drug-likeness (QED) is 0.701. The van der Waals surface area contributed by atoms with Crippen LogP contribution in [0.5, 0.6) is 0 Å². The van der Waals surface area contributed by atoms with E-state index in [0.717, 1.165) is 45.2 Å². The van der Waals surface area contributed by atoms with Gasteiger partial charge in [0, 0.05) is 12.5 Å². The molecule has 4 N–H and O–H groups in total. The number of rotatable bonds is 5. The fourth-order valence-corrected chi connectivity index (χ4v) is 3.43. The SMILES string of the molecule is NC(=O)C1CCCCC1NC(=O)CCC1CCNCC1. The number of primary amides is 1. The molecule has 1 aliphatic carbocycles. The Kier molecular flexibility index (Phi) is 5.83. The molecule has 2 fully saturated rings. The highest BCUT2D eigenvalue weighted by atomic mass is 16.2. The summed E-state index contributed by atoms with van der Waals surface area (Å²) in [7, 11) is 0. The Morgan fingerprint density at radius 2 is 1.80 bits per heavy atom. The van der Waals surface area contributed by atoms with E-state index in [1.807, 2.05) is 0 Å². The van der Waals surface area contributed by atoms with E-state index in [-0.39, 0.29) is 23.8 Å². The molecule has 114 valence electrons. The van der Waals surface area contributed by atoms with Crippen LogP contribution in [0.25, 0.3) is 0 Å². The van der Waals surface area contributed by atoms with Crippen molar-refractivity contribution in [3.05, 3.63) is 0 Å². The van der Waals surface area contributed by atoms with Gasteiger partial charge in [-0.05, 0) is 51.1 Å². The Labute approximate surface area is 121 Å². The van der Waals surface area contributed by atoms with E-state index in [1.54, 1.807) is 0 Å². The van der Waals surface area contributed by atoms with Crippen LogP contribution in [-0.4, -0.2) is 30.9 Å². The zero-order valence-corrected chi connectivity index (χ0v) is 12.2. The average molecular weight is 281 g/mol. The highest BCUT2D eigenvalue weighted by Gasteiger charge is 2.30. The Hall–Kier alpha value is -1.10. The molecule has 20 heavy (non-hydrogen) atoms. The number of nitrogens with two attached hydrogens (primary N) is 1. The highest BCUT2D eigenvalue weighted by molar-refractivity contribution is 5.80. The number of piperidine rings is 1. The van der Waals surface area contributed by atoms with E-state index in [0.29, 0.717) is 12.3 Å². The molecule has 1 heterocycles. The topological polar surface area (TPSA) is 84.2 Å². The van der Waals surface area contributed by atoms with E-state index < -0.39 is 0 Å². The third kappa shape index (κ3) is 4.47. The Morgan fingerprint density at radius 1 is 1.10 bits per heavy atom. The number of hydrogen-bond donors (Lipinski definition) is 3. The second kappa shape index (κ2) is 7.62. The first-order valence-electron chi connectivity index (χ1n) is 7.96. The molecule has 0 aromatic rings. The normalized spacial score (nSPS) is 28.0. The molecule has 1 saturated heterocycles. The van der Waals surface area contributed by atoms with E-state index in [2.05, 4.69) is 10.6 Å². The summed E-state index contributed by atoms with van der Waals surface area (Å²) in [6.45, 7) is 2.14. The van der Waals surface area contributed by atoms with Crippen molar-refractivity contribution in [2.24, 2.45) is 17.6 Å². The molecule has 2 aliphatic rings. The van der Waals surface area contributed by atoms with Gasteiger partial charge < -0.3 is 16.4 Å². The van der Waals surface area contributed by atoms with Crippen LogP contribution in [0.4, 0.5) is 0 Å². The summed E-state index contributed by atoms with van der Waals surface area (Å²) in [5, 5.41) is 6.37. The van der Waals surface area contributed by atoms with Gasteiger partial charge in [-0.3, -0.25) is 9.59 Å². The molecule has 0 spiro atoms. The molecular weight excluding hydrogens is 254 g/mol. The third-order valence-electron chi connectivity index (χ3n) is 4.72. The van der Waals surface area contributed by atoms with Crippen molar-refractivity contribution in [3.8, 4) is 0 Å². The van der Waals surface area contributed by atoms with Crippen LogP contribution in [-0.2, 0) is 9.59 Å². The van der Waals surface area contributed by atoms with E-state index in [4.69, 9.17) is 5.73 Å². The largest absolute Gasteiger partial charge is 0.369 e. The number of carbonyl (C=O) groups is 2. The smallest absolute Gasteiger partial charge is 0.222 e. The Balaban J connectivity index is 1.73. The van der Waals surface area contributed by atoms with Crippen molar-refractivity contribution in [1.82, 2.24) is 10.6 Å². The second-order valence-electron chi connectivity index (χ2n) is 6.20. The van der Waals surface area contributed by atoms with Crippen LogP contribution in [0, 0.1) is 11.8 Å². The van der Waals surface area contributed by atoms with Crippen LogP contribution >= 0.6 is 0 Å². The molecule has 2 unspecified atom stereocenters. The molecule has 5 nitrogen and oxygen atoms in total. The number of amides is 2. The van der Waals surface area contributed by atoms with Crippen LogP contribution < -0.4 is 16.4 Å². The third-order valence-corrected chi connectivity index (χ3v) is 4.72. The predicted molar refractivity (Wildman–Crippen MR) is 77.9 cm³/mol. The first-order chi connectivity index (χ1) is 9.66. The molecule has 1 aliphatic heterocycles. The van der Waals surface area contributed by atoms with Gasteiger partial charge in [0.2, 0.25) is 11.8 Å². The molecule has 2 rings (SSSR count). The summed E-state index contributed by atoms with van der Waals surface area (Å²) in [6, 6.07) is -0.0400. The van der Waals surface area contributed by atoms with Gasteiger partial charge in [-0.1, -0.05) is 12.8 Å². The minimum Gasteiger partial charge on any atom is -0.369 e. The average Bonchev–Trinajstić information content (AvgIpc) is 2.46. The van der Waals surface area contributed by atoms with Gasteiger partial charge in [-0.25, -0.2) is 0 Å². The molecule has 2 atom stereocenters.